The summed E-state index contributed by atoms with van der Waals surface area (Å²) in [5.41, 5.74) is 6.26. The molecule has 3 nitrogen and oxygen atoms in total. The van der Waals surface area contributed by atoms with Gasteiger partial charge in [0, 0.05) is 22.0 Å². The Balaban J connectivity index is 1.45. The van der Waals surface area contributed by atoms with Gasteiger partial charge in [0.25, 0.3) is 0 Å². The van der Waals surface area contributed by atoms with Crippen LogP contribution in [0, 0.1) is 0 Å². The second-order valence-electron chi connectivity index (χ2n) is 7.69. The Morgan fingerprint density at radius 3 is 1.93 bits per heavy atom. The molecule has 0 saturated heterocycles. The number of oxazole rings is 1. The summed E-state index contributed by atoms with van der Waals surface area (Å²) in [6.45, 7) is 0. The molecule has 7 aromatic rings. The van der Waals surface area contributed by atoms with E-state index in [2.05, 4.69) is 82.3 Å². The predicted octanol–water partition coefficient (Wildman–Crippen LogP) is 7.18. The van der Waals surface area contributed by atoms with Crippen LogP contribution >= 0.6 is 0 Å². The third-order valence-electron chi connectivity index (χ3n) is 5.99. The van der Waals surface area contributed by atoms with E-state index >= 15 is 0 Å². The Labute approximate surface area is 172 Å². The van der Waals surface area contributed by atoms with Crippen molar-refractivity contribution in [2.75, 3.05) is 0 Å². The normalized spacial score (nSPS) is 12.0. The van der Waals surface area contributed by atoms with Crippen molar-refractivity contribution in [2.45, 2.75) is 0 Å². The lowest BCUT2D eigenvalue weighted by atomic mass is 10.0. The molecule has 0 fully saturated rings. The van der Waals surface area contributed by atoms with Gasteiger partial charge < -0.3 is 8.98 Å². The summed E-state index contributed by atoms with van der Waals surface area (Å²) in [6, 6.07) is 33.8. The minimum atomic E-state index is 0.650. The van der Waals surface area contributed by atoms with Crippen LogP contribution in [0.3, 0.4) is 0 Å². The zero-order chi connectivity index (χ0) is 19.7. The highest BCUT2D eigenvalue weighted by Gasteiger charge is 2.16. The first kappa shape index (κ1) is 15.8. The Kier molecular flexibility index (Phi) is 3.00. The maximum Gasteiger partial charge on any atom is 0.227 e. The van der Waals surface area contributed by atoms with E-state index in [1.807, 2.05) is 24.3 Å². The Hall–Kier alpha value is -4.11. The number of nitrogens with zero attached hydrogens (tertiary/aromatic N) is 2. The van der Waals surface area contributed by atoms with Crippen LogP contribution in [0.2, 0.25) is 0 Å². The molecule has 0 N–H and O–H groups in total. The first-order valence-electron chi connectivity index (χ1n) is 10.1. The molecule has 0 aliphatic carbocycles. The zero-order valence-electron chi connectivity index (χ0n) is 16.0. The molecule has 0 aliphatic rings. The molecule has 2 aromatic heterocycles. The van der Waals surface area contributed by atoms with Crippen LogP contribution in [0.4, 0.5) is 0 Å². The van der Waals surface area contributed by atoms with Crippen molar-refractivity contribution >= 4 is 43.7 Å². The van der Waals surface area contributed by atoms with E-state index < -0.39 is 0 Å². The zero-order valence-corrected chi connectivity index (χ0v) is 16.0. The van der Waals surface area contributed by atoms with Crippen molar-refractivity contribution in [3.8, 4) is 17.1 Å². The summed E-state index contributed by atoms with van der Waals surface area (Å²) in [4.78, 5) is 4.62. The lowest BCUT2D eigenvalue weighted by molar-refractivity contribution is 0.620. The van der Waals surface area contributed by atoms with E-state index in [0.717, 1.165) is 22.4 Å². The van der Waals surface area contributed by atoms with Gasteiger partial charge in [-0.2, -0.15) is 0 Å². The molecule has 0 saturated carbocycles. The second kappa shape index (κ2) is 5.71. The van der Waals surface area contributed by atoms with Gasteiger partial charge >= 0.3 is 0 Å². The number of hydrogen-bond donors (Lipinski definition) is 0. The van der Waals surface area contributed by atoms with Crippen molar-refractivity contribution in [1.82, 2.24) is 9.55 Å². The van der Waals surface area contributed by atoms with Crippen molar-refractivity contribution in [3.63, 3.8) is 0 Å². The van der Waals surface area contributed by atoms with Gasteiger partial charge in [0.05, 0.1) is 11.0 Å². The van der Waals surface area contributed by atoms with Crippen LogP contribution in [0.25, 0.3) is 60.8 Å². The van der Waals surface area contributed by atoms with Crippen LogP contribution in [-0.4, -0.2) is 9.55 Å². The summed E-state index contributed by atoms with van der Waals surface area (Å²) >= 11 is 0. The van der Waals surface area contributed by atoms with E-state index in [1.54, 1.807) is 0 Å². The van der Waals surface area contributed by atoms with Gasteiger partial charge in [0.1, 0.15) is 5.52 Å². The number of hydrogen-bond acceptors (Lipinski definition) is 2. The van der Waals surface area contributed by atoms with Gasteiger partial charge in [-0.15, -0.1) is 0 Å². The third kappa shape index (κ3) is 2.06. The molecule has 3 heteroatoms. The summed E-state index contributed by atoms with van der Waals surface area (Å²) < 4.78 is 8.29. The molecule has 0 radical (unpaired) electrons. The lowest BCUT2D eigenvalue weighted by Gasteiger charge is -2.08. The first-order chi connectivity index (χ1) is 14.9. The Morgan fingerprint density at radius 1 is 0.600 bits per heavy atom. The van der Waals surface area contributed by atoms with Crippen LogP contribution in [-0.2, 0) is 0 Å². The fraction of sp³-hybridized carbons (Fsp3) is 0. The number of para-hydroxylation sites is 2. The SMILES string of the molecule is c1ccc2oc(-c3ccc(-n4c5cccc6ccc7cccc4c7c65)cc3)nc2c1. The molecule has 2 heterocycles. The van der Waals surface area contributed by atoms with E-state index in [4.69, 9.17) is 4.42 Å². The molecule has 0 spiro atoms. The van der Waals surface area contributed by atoms with Crippen molar-refractivity contribution in [2.24, 2.45) is 0 Å². The topological polar surface area (TPSA) is 31.0 Å². The monoisotopic (exact) mass is 384 g/mol. The molecule has 7 rings (SSSR count). The number of benzene rings is 5. The van der Waals surface area contributed by atoms with E-state index in [0.29, 0.717) is 5.89 Å². The fourth-order valence-electron chi connectivity index (χ4n) is 4.65. The molecule has 140 valence electrons. The molecule has 30 heavy (non-hydrogen) atoms. The Bertz CT molecular complexity index is 1590. The van der Waals surface area contributed by atoms with E-state index in [-0.39, 0.29) is 0 Å². The van der Waals surface area contributed by atoms with Crippen LogP contribution in [0.1, 0.15) is 0 Å². The van der Waals surface area contributed by atoms with Gasteiger partial charge in [-0.1, -0.05) is 48.5 Å². The van der Waals surface area contributed by atoms with E-state index in [1.165, 1.54) is 32.6 Å². The van der Waals surface area contributed by atoms with Gasteiger partial charge in [-0.3, -0.25) is 0 Å². The standard InChI is InChI=1S/C27H16N2O/c1-2-10-24-21(7-1)28-27(30-24)19-13-15-20(16-14-19)29-22-8-3-5-17-11-12-18-6-4-9-23(29)26(18)25(17)22/h1-16H. The Morgan fingerprint density at radius 2 is 1.27 bits per heavy atom. The van der Waals surface area contributed by atoms with E-state index in [9.17, 15) is 0 Å². The highest BCUT2D eigenvalue weighted by Crippen LogP contribution is 2.38. The lowest BCUT2D eigenvalue weighted by Crippen LogP contribution is -1.93. The molecule has 0 atom stereocenters. The average molecular weight is 384 g/mol. The fourth-order valence-corrected chi connectivity index (χ4v) is 4.65. The van der Waals surface area contributed by atoms with Crippen LogP contribution in [0.15, 0.2) is 101 Å². The van der Waals surface area contributed by atoms with Gasteiger partial charge in [0.15, 0.2) is 5.58 Å². The summed E-state index contributed by atoms with van der Waals surface area (Å²) in [5.74, 6) is 0.650. The summed E-state index contributed by atoms with van der Waals surface area (Å²) in [6.07, 6.45) is 0. The number of rotatable bonds is 2. The maximum absolute atomic E-state index is 5.94. The minimum absolute atomic E-state index is 0.650. The number of aromatic nitrogens is 2. The molecule has 0 aliphatic heterocycles. The van der Waals surface area contributed by atoms with Crippen molar-refractivity contribution in [1.29, 1.82) is 0 Å². The second-order valence-corrected chi connectivity index (χ2v) is 7.69. The maximum atomic E-state index is 5.94. The minimum Gasteiger partial charge on any atom is -0.436 e. The third-order valence-corrected chi connectivity index (χ3v) is 5.99. The van der Waals surface area contributed by atoms with Gasteiger partial charge in [-0.25, -0.2) is 4.98 Å². The van der Waals surface area contributed by atoms with Crippen LogP contribution in [0.5, 0.6) is 0 Å². The average Bonchev–Trinajstić information content (AvgIpc) is 3.38. The quantitative estimate of drug-likeness (QED) is 0.296. The predicted molar refractivity (Wildman–Crippen MR) is 122 cm³/mol. The largest absolute Gasteiger partial charge is 0.436 e. The first-order valence-corrected chi connectivity index (χ1v) is 10.1. The highest BCUT2D eigenvalue weighted by atomic mass is 16.3. The molecule has 0 bridgehead atoms. The van der Waals surface area contributed by atoms with Crippen molar-refractivity contribution < 1.29 is 4.42 Å². The number of fused-ring (bicyclic) bond motifs is 1. The molecule has 0 amide bonds. The summed E-state index contributed by atoms with van der Waals surface area (Å²) in [5, 5.41) is 5.21. The van der Waals surface area contributed by atoms with Crippen LogP contribution < -0.4 is 0 Å². The smallest absolute Gasteiger partial charge is 0.227 e. The molecule has 5 aromatic carbocycles. The summed E-state index contributed by atoms with van der Waals surface area (Å²) in [7, 11) is 0. The van der Waals surface area contributed by atoms with Crippen molar-refractivity contribution in [3.05, 3.63) is 97.1 Å². The van der Waals surface area contributed by atoms with Gasteiger partial charge in [-0.05, 0) is 59.3 Å². The van der Waals surface area contributed by atoms with Gasteiger partial charge in [0.2, 0.25) is 5.89 Å². The highest BCUT2D eigenvalue weighted by molar-refractivity contribution is 6.24. The molecular formula is C27H16N2O. The molecule has 0 unspecified atom stereocenters. The molecular weight excluding hydrogens is 368 g/mol.